The Morgan fingerprint density at radius 1 is 1.27 bits per heavy atom. The summed E-state index contributed by atoms with van der Waals surface area (Å²) < 4.78 is 0. The summed E-state index contributed by atoms with van der Waals surface area (Å²) in [6, 6.07) is 4.18. The van der Waals surface area contributed by atoms with Crippen LogP contribution in [0.5, 0.6) is 0 Å². The smallest absolute Gasteiger partial charge is 0.0271 e. The number of aromatic nitrogens is 1. The summed E-state index contributed by atoms with van der Waals surface area (Å²) >= 11 is 5.86. The van der Waals surface area contributed by atoms with Crippen LogP contribution in [0.15, 0.2) is 24.5 Å². The maximum Gasteiger partial charge on any atom is 0.0271 e. The van der Waals surface area contributed by atoms with E-state index >= 15 is 0 Å². The highest BCUT2D eigenvalue weighted by Gasteiger charge is 2.17. The highest BCUT2D eigenvalue weighted by atomic mass is 35.5. The Morgan fingerprint density at radius 2 is 1.93 bits per heavy atom. The van der Waals surface area contributed by atoms with E-state index in [1.54, 1.807) is 0 Å². The fraction of sp³-hybridized carbons (Fsp3) is 0.583. The van der Waals surface area contributed by atoms with Gasteiger partial charge in [-0.05, 0) is 49.5 Å². The second kappa shape index (κ2) is 5.47. The van der Waals surface area contributed by atoms with Crippen molar-refractivity contribution in [1.82, 2.24) is 9.88 Å². The van der Waals surface area contributed by atoms with Crippen molar-refractivity contribution in [3.63, 3.8) is 0 Å². The van der Waals surface area contributed by atoms with Gasteiger partial charge in [0.25, 0.3) is 0 Å². The summed E-state index contributed by atoms with van der Waals surface area (Å²) in [4.78, 5) is 6.53. The molecule has 1 fully saturated rings. The van der Waals surface area contributed by atoms with E-state index in [2.05, 4.69) is 22.0 Å². The molecule has 2 nitrogen and oxygen atoms in total. The van der Waals surface area contributed by atoms with Crippen molar-refractivity contribution in [3.05, 3.63) is 30.1 Å². The van der Waals surface area contributed by atoms with Crippen LogP contribution >= 0.6 is 11.6 Å². The maximum atomic E-state index is 5.86. The number of halogens is 1. The van der Waals surface area contributed by atoms with Crippen molar-refractivity contribution in [1.29, 1.82) is 0 Å². The highest BCUT2D eigenvalue weighted by Crippen LogP contribution is 2.19. The van der Waals surface area contributed by atoms with Crippen LogP contribution in [-0.4, -0.2) is 28.9 Å². The van der Waals surface area contributed by atoms with Crippen LogP contribution in [-0.2, 0) is 6.54 Å². The lowest BCUT2D eigenvalue weighted by Crippen LogP contribution is -2.33. The Bertz CT molecular complexity index is 281. The molecule has 0 amide bonds. The quantitative estimate of drug-likeness (QED) is 0.734. The number of alkyl halides is 1. The van der Waals surface area contributed by atoms with Crippen molar-refractivity contribution in [3.8, 4) is 0 Å². The molecule has 0 atom stereocenters. The fourth-order valence-electron chi connectivity index (χ4n) is 2.05. The lowest BCUT2D eigenvalue weighted by Gasteiger charge is -2.30. The van der Waals surface area contributed by atoms with Gasteiger partial charge in [0.05, 0.1) is 0 Å². The van der Waals surface area contributed by atoms with E-state index in [-0.39, 0.29) is 0 Å². The van der Waals surface area contributed by atoms with E-state index in [1.165, 1.54) is 31.5 Å². The number of piperidine rings is 1. The third-order valence-electron chi connectivity index (χ3n) is 3.08. The predicted octanol–water partition coefficient (Wildman–Crippen LogP) is 2.53. The first-order valence-corrected chi connectivity index (χ1v) is 6.09. The van der Waals surface area contributed by atoms with E-state index in [0.717, 1.165) is 18.3 Å². The third-order valence-corrected chi connectivity index (χ3v) is 3.52. The Kier molecular flexibility index (Phi) is 3.98. The summed E-state index contributed by atoms with van der Waals surface area (Å²) in [5, 5.41) is 0. The number of hydrogen-bond donors (Lipinski definition) is 0. The van der Waals surface area contributed by atoms with Crippen molar-refractivity contribution in [2.24, 2.45) is 5.92 Å². The number of hydrogen-bond acceptors (Lipinski definition) is 2. The minimum Gasteiger partial charge on any atom is -0.299 e. The third kappa shape index (κ3) is 3.18. The normalized spacial score (nSPS) is 19.3. The van der Waals surface area contributed by atoms with E-state index in [1.807, 2.05) is 12.4 Å². The van der Waals surface area contributed by atoms with Gasteiger partial charge in [-0.3, -0.25) is 9.88 Å². The summed E-state index contributed by atoms with van der Waals surface area (Å²) in [6.07, 6.45) is 6.21. The molecule has 1 aliphatic rings. The van der Waals surface area contributed by atoms with Gasteiger partial charge in [-0.15, -0.1) is 11.6 Å². The number of likely N-dealkylation sites (tertiary alicyclic amines) is 1. The molecule has 0 radical (unpaired) electrons. The lowest BCUT2D eigenvalue weighted by atomic mass is 9.99. The van der Waals surface area contributed by atoms with Gasteiger partial charge in [-0.2, -0.15) is 0 Å². The lowest BCUT2D eigenvalue weighted by molar-refractivity contribution is 0.186. The summed E-state index contributed by atoms with van der Waals surface area (Å²) in [6.45, 7) is 3.41. The molecule has 2 rings (SSSR count). The molecule has 0 saturated carbocycles. The van der Waals surface area contributed by atoms with E-state index in [0.29, 0.717) is 0 Å². The largest absolute Gasteiger partial charge is 0.299 e. The molecule has 1 aromatic rings. The van der Waals surface area contributed by atoms with Gasteiger partial charge >= 0.3 is 0 Å². The molecule has 2 heterocycles. The molecule has 0 bridgehead atoms. The van der Waals surface area contributed by atoms with Crippen molar-refractivity contribution < 1.29 is 0 Å². The molecular weight excluding hydrogens is 208 g/mol. The molecular formula is C12H17ClN2. The molecule has 1 saturated heterocycles. The zero-order chi connectivity index (χ0) is 10.5. The van der Waals surface area contributed by atoms with Gasteiger partial charge in [0, 0.05) is 24.8 Å². The average Bonchev–Trinajstić information content (AvgIpc) is 2.31. The van der Waals surface area contributed by atoms with E-state index in [4.69, 9.17) is 11.6 Å². The average molecular weight is 225 g/mol. The first kappa shape index (κ1) is 10.9. The number of rotatable bonds is 3. The molecule has 0 unspecified atom stereocenters. The maximum absolute atomic E-state index is 5.86. The SMILES string of the molecule is ClCC1CCN(Cc2ccncc2)CC1. The summed E-state index contributed by atoms with van der Waals surface area (Å²) in [7, 11) is 0. The zero-order valence-electron chi connectivity index (χ0n) is 8.90. The van der Waals surface area contributed by atoms with Crippen LogP contribution in [0.1, 0.15) is 18.4 Å². The minimum absolute atomic E-state index is 0.736. The summed E-state index contributed by atoms with van der Waals surface area (Å²) in [5.74, 6) is 1.56. The standard InChI is InChI=1S/C12H17ClN2/c13-9-11-3-7-15(8-4-11)10-12-1-5-14-6-2-12/h1-2,5-6,11H,3-4,7-10H2. The molecule has 0 aliphatic carbocycles. The Labute approximate surface area is 96.3 Å². The van der Waals surface area contributed by atoms with Gasteiger partial charge in [0.2, 0.25) is 0 Å². The molecule has 0 spiro atoms. The molecule has 82 valence electrons. The number of nitrogens with zero attached hydrogens (tertiary/aromatic N) is 2. The van der Waals surface area contributed by atoms with Crippen molar-refractivity contribution in [2.75, 3.05) is 19.0 Å². The van der Waals surface area contributed by atoms with Crippen LogP contribution in [0.25, 0.3) is 0 Å². The molecule has 0 aromatic carbocycles. The van der Waals surface area contributed by atoms with Crippen LogP contribution in [0, 0.1) is 5.92 Å². The Morgan fingerprint density at radius 3 is 2.53 bits per heavy atom. The second-order valence-electron chi connectivity index (χ2n) is 4.23. The van der Waals surface area contributed by atoms with Gasteiger partial charge in [0.1, 0.15) is 0 Å². The minimum atomic E-state index is 0.736. The highest BCUT2D eigenvalue weighted by molar-refractivity contribution is 6.18. The first-order valence-electron chi connectivity index (χ1n) is 5.55. The van der Waals surface area contributed by atoms with Gasteiger partial charge < -0.3 is 0 Å². The molecule has 1 aromatic heterocycles. The summed E-state index contributed by atoms with van der Waals surface area (Å²) in [5.41, 5.74) is 1.36. The zero-order valence-corrected chi connectivity index (χ0v) is 9.66. The van der Waals surface area contributed by atoms with Crippen LogP contribution < -0.4 is 0 Å². The molecule has 3 heteroatoms. The predicted molar refractivity (Wildman–Crippen MR) is 63.0 cm³/mol. The van der Waals surface area contributed by atoms with E-state index < -0.39 is 0 Å². The van der Waals surface area contributed by atoms with Crippen LogP contribution in [0.4, 0.5) is 0 Å². The van der Waals surface area contributed by atoms with Gasteiger partial charge in [0.15, 0.2) is 0 Å². The van der Waals surface area contributed by atoms with Crippen LogP contribution in [0.2, 0.25) is 0 Å². The molecule has 1 aliphatic heterocycles. The molecule has 0 N–H and O–H groups in total. The number of pyridine rings is 1. The monoisotopic (exact) mass is 224 g/mol. The van der Waals surface area contributed by atoms with Crippen molar-refractivity contribution >= 4 is 11.6 Å². The Hall–Kier alpha value is -0.600. The van der Waals surface area contributed by atoms with Crippen molar-refractivity contribution in [2.45, 2.75) is 19.4 Å². The van der Waals surface area contributed by atoms with Crippen LogP contribution in [0.3, 0.4) is 0 Å². The molecule has 15 heavy (non-hydrogen) atoms. The first-order chi connectivity index (χ1) is 7.38. The van der Waals surface area contributed by atoms with E-state index in [9.17, 15) is 0 Å². The van der Waals surface area contributed by atoms with Gasteiger partial charge in [-0.25, -0.2) is 0 Å². The second-order valence-corrected chi connectivity index (χ2v) is 4.54. The topological polar surface area (TPSA) is 16.1 Å². The van der Waals surface area contributed by atoms with Gasteiger partial charge in [-0.1, -0.05) is 0 Å². The Balaban J connectivity index is 1.82. The fourth-order valence-corrected chi connectivity index (χ4v) is 2.35.